The molecule has 3 aromatic carbocycles. The molecule has 0 aliphatic carbocycles. The van der Waals surface area contributed by atoms with Crippen molar-refractivity contribution in [2.24, 2.45) is 7.05 Å². The largest absolute Gasteiger partial charge is 0.497 e. The van der Waals surface area contributed by atoms with Gasteiger partial charge < -0.3 is 23.5 Å². The molecule has 0 saturated heterocycles. The zero-order valence-corrected chi connectivity index (χ0v) is 20.5. The number of ether oxygens (including phenoxy) is 4. The van der Waals surface area contributed by atoms with Crippen molar-refractivity contribution in [2.75, 3.05) is 14.2 Å². The van der Waals surface area contributed by atoms with E-state index in [9.17, 15) is 9.59 Å². The Kier molecular flexibility index (Phi) is 5.98. The van der Waals surface area contributed by atoms with Gasteiger partial charge in [0.25, 0.3) is 0 Å². The number of carbonyl (C=O) groups is 2. The minimum absolute atomic E-state index is 0.160. The predicted molar refractivity (Wildman–Crippen MR) is 136 cm³/mol. The molecule has 0 saturated carbocycles. The highest BCUT2D eigenvalue weighted by Gasteiger charge is 2.30. The number of aromatic nitrogens is 1. The fourth-order valence-electron chi connectivity index (χ4n) is 4.37. The number of Topliss-reactive ketones (excluding diaryl/α,β-unsaturated/α-hetero) is 1. The molecule has 7 nitrogen and oxygen atoms in total. The van der Waals surface area contributed by atoms with Gasteiger partial charge in [-0.15, -0.1) is 0 Å². The zero-order chi connectivity index (χ0) is 25.4. The van der Waals surface area contributed by atoms with Crippen LogP contribution in [0.3, 0.4) is 0 Å². The molecule has 182 valence electrons. The van der Waals surface area contributed by atoms with Gasteiger partial charge in [-0.25, -0.2) is 4.79 Å². The van der Waals surface area contributed by atoms with Crippen LogP contribution in [0.2, 0.25) is 0 Å². The molecule has 36 heavy (non-hydrogen) atoms. The van der Waals surface area contributed by atoms with E-state index in [-0.39, 0.29) is 17.5 Å². The van der Waals surface area contributed by atoms with Crippen molar-refractivity contribution in [1.29, 1.82) is 0 Å². The molecule has 1 aliphatic heterocycles. The number of ketones is 1. The average molecular weight is 484 g/mol. The Hall–Kier alpha value is -4.52. The Labute approximate surface area is 208 Å². The maximum absolute atomic E-state index is 13.2. The summed E-state index contributed by atoms with van der Waals surface area (Å²) in [6, 6.07) is 16.4. The van der Waals surface area contributed by atoms with E-state index in [1.165, 1.54) is 7.11 Å². The number of aryl methyl sites for hydroxylation is 2. The Morgan fingerprint density at radius 3 is 2.53 bits per heavy atom. The third-order valence-corrected chi connectivity index (χ3v) is 6.24. The zero-order valence-electron chi connectivity index (χ0n) is 20.5. The van der Waals surface area contributed by atoms with Crippen molar-refractivity contribution in [3.05, 3.63) is 94.4 Å². The normalized spacial score (nSPS) is 13.6. The van der Waals surface area contributed by atoms with Gasteiger partial charge in [0, 0.05) is 35.8 Å². The Morgan fingerprint density at radius 1 is 1.03 bits per heavy atom. The van der Waals surface area contributed by atoms with Gasteiger partial charge in [-0.2, -0.15) is 0 Å². The van der Waals surface area contributed by atoms with E-state index in [1.807, 2.05) is 61.1 Å². The van der Waals surface area contributed by atoms with Gasteiger partial charge in [0.2, 0.25) is 5.78 Å². The molecule has 0 atom stereocenters. The second-order valence-corrected chi connectivity index (χ2v) is 8.61. The van der Waals surface area contributed by atoms with Crippen LogP contribution in [0.25, 0.3) is 17.0 Å². The van der Waals surface area contributed by atoms with Gasteiger partial charge in [0.05, 0.1) is 25.3 Å². The average Bonchev–Trinajstić information content (AvgIpc) is 3.38. The number of allylic oxidation sites excluding steroid dienone is 1. The van der Waals surface area contributed by atoms with Gasteiger partial charge in [-0.3, -0.25) is 4.79 Å². The first-order valence-corrected chi connectivity index (χ1v) is 11.4. The van der Waals surface area contributed by atoms with Crippen molar-refractivity contribution in [3.8, 4) is 17.2 Å². The molecule has 0 N–H and O–H groups in total. The fraction of sp³-hybridized carbons (Fsp3) is 0.172. The number of methoxy groups -OCH3 is 2. The van der Waals surface area contributed by atoms with Crippen LogP contribution in [-0.4, -0.2) is 30.5 Å². The first-order chi connectivity index (χ1) is 17.4. The molecule has 2 heterocycles. The number of carbonyl (C=O) groups excluding carboxylic acids is 2. The first-order valence-electron chi connectivity index (χ1n) is 11.4. The van der Waals surface area contributed by atoms with Crippen LogP contribution in [-0.2, 0) is 18.4 Å². The van der Waals surface area contributed by atoms with Crippen molar-refractivity contribution in [1.82, 2.24) is 4.57 Å². The third kappa shape index (κ3) is 4.20. The monoisotopic (exact) mass is 483 g/mol. The second-order valence-electron chi connectivity index (χ2n) is 8.61. The Balaban J connectivity index is 1.38. The summed E-state index contributed by atoms with van der Waals surface area (Å²) in [4.78, 5) is 24.8. The molecule has 4 aromatic rings. The molecule has 0 spiro atoms. The van der Waals surface area contributed by atoms with E-state index in [0.29, 0.717) is 29.2 Å². The molecule has 7 heteroatoms. The number of fused-ring (bicyclic) bond motifs is 2. The lowest BCUT2D eigenvalue weighted by Gasteiger charge is -2.09. The van der Waals surface area contributed by atoms with Gasteiger partial charge in [-0.1, -0.05) is 12.1 Å². The van der Waals surface area contributed by atoms with Gasteiger partial charge in [0.1, 0.15) is 23.9 Å². The number of nitrogens with zero attached hydrogens (tertiary/aromatic N) is 1. The number of hydrogen-bond acceptors (Lipinski definition) is 6. The van der Waals surface area contributed by atoms with Crippen LogP contribution >= 0.6 is 0 Å². The smallest absolute Gasteiger partial charge is 0.337 e. The maximum Gasteiger partial charge on any atom is 0.337 e. The molecule has 0 amide bonds. The maximum atomic E-state index is 13.2. The first kappa shape index (κ1) is 23.2. The lowest BCUT2D eigenvalue weighted by molar-refractivity contribution is 0.0600. The molecule has 1 aromatic heterocycles. The Morgan fingerprint density at radius 2 is 1.81 bits per heavy atom. The molecule has 0 bridgehead atoms. The van der Waals surface area contributed by atoms with E-state index >= 15 is 0 Å². The number of hydrogen-bond donors (Lipinski definition) is 0. The van der Waals surface area contributed by atoms with Crippen LogP contribution in [0, 0.1) is 6.92 Å². The van der Waals surface area contributed by atoms with Crippen LogP contribution in [0.1, 0.15) is 37.4 Å². The van der Waals surface area contributed by atoms with E-state index in [4.69, 9.17) is 18.9 Å². The van der Waals surface area contributed by atoms with Crippen molar-refractivity contribution < 1.29 is 28.5 Å². The lowest BCUT2D eigenvalue weighted by atomic mass is 10.0. The molecule has 5 rings (SSSR count). The fourth-order valence-corrected chi connectivity index (χ4v) is 4.37. The standard InChI is InChI=1S/C29H25NO6/c1-17-11-22(35-16-18-5-7-19(8-6-18)29(32)34-4)14-25-27(17)28(31)26(36-25)12-20-15-30(2)24-10-9-21(33-3)13-23(20)24/h5-15H,16H2,1-4H3/b26-12-. The molecule has 0 radical (unpaired) electrons. The third-order valence-electron chi connectivity index (χ3n) is 6.24. The molecular weight excluding hydrogens is 458 g/mol. The summed E-state index contributed by atoms with van der Waals surface area (Å²) >= 11 is 0. The Bertz CT molecular complexity index is 1530. The number of benzene rings is 3. The van der Waals surface area contributed by atoms with E-state index < -0.39 is 0 Å². The molecule has 1 aliphatic rings. The van der Waals surface area contributed by atoms with Crippen molar-refractivity contribution in [2.45, 2.75) is 13.5 Å². The summed E-state index contributed by atoms with van der Waals surface area (Å²) in [6.07, 6.45) is 3.73. The number of esters is 1. The minimum Gasteiger partial charge on any atom is -0.497 e. The highest BCUT2D eigenvalue weighted by Crippen LogP contribution is 2.38. The van der Waals surface area contributed by atoms with Crippen molar-refractivity contribution in [3.63, 3.8) is 0 Å². The summed E-state index contributed by atoms with van der Waals surface area (Å²) in [6.45, 7) is 2.16. The summed E-state index contributed by atoms with van der Waals surface area (Å²) in [5.41, 5.74) is 4.57. The second kappa shape index (κ2) is 9.26. The molecular formula is C29H25NO6. The highest BCUT2D eigenvalue weighted by molar-refractivity contribution is 6.16. The lowest BCUT2D eigenvalue weighted by Crippen LogP contribution is -2.02. The SMILES string of the molecule is COC(=O)c1ccc(COc2cc(C)c3c(c2)O/C(=C\c2cn(C)c4ccc(OC)cc24)C3=O)cc1. The van der Waals surface area contributed by atoms with Gasteiger partial charge >= 0.3 is 5.97 Å². The summed E-state index contributed by atoms with van der Waals surface area (Å²) in [5.74, 6) is 1.52. The number of rotatable bonds is 6. The predicted octanol–water partition coefficient (Wildman–Crippen LogP) is 5.48. The van der Waals surface area contributed by atoms with Crippen LogP contribution in [0.5, 0.6) is 17.2 Å². The molecule has 0 unspecified atom stereocenters. The van der Waals surface area contributed by atoms with E-state index in [0.717, 1.165) is 33.3 Å². The highest BCUT2D eigenvalue weighted by atomic mass is 16.5. The van der Waals surface area contributed by atoms with Gasteiger partial charge in [0.15, 0.2) is 5.76 Å². The topological polar surface area (TPSA) is 76.0 Å². The van der Waals surface area contributed by atoms with Gasteiger partial charge in [-0.05, 0) is 60.5 Å². The quantitative estimate of drug-likeness (QED) is 0.267. The molecule has 0 fully saturated rings. The van der Waals surface area contributed by atoms with E-state index in [2.05, 4.69) is 0 Å². The minimum atomic E-state index is -0.384. The summed E-state index contributed by atoms with van der Waals surface area (Å²) in [5, 5.41) is 0.968. The van der Waals surface area contributed by atoms with E-state index in [1.54, 1.807) is 31.4 Å². The van der Waals surface area contributed by atoms with Crippen molar-refractivity contribution >= 4 is 28.7 Å². The summed E-state index contributed by atoms with van der Waals surface area (Å²) < 4.78 is 24.1. The van der Waals surface area contributed by atoms with Crippen LogP contribution in [0.4, 0.5) is 0 Å². The van der Waals surface area contributed by atoms with Crippen LogP contribution < -0.4 is 14.2 Å². The summed E-state index contributed by atoms with van der Waals surface area (Å²) in [7, 11) is 4.93. The van der Waals surface area contributed by atoms with Crippen LogP contribution in [0.15, 0.2) is 66.6 Å².